The molecule has 1 aromatic carbocycles. The van der Waals surface area contributed by atoms with E-state index in [1.54, 1.807) is 0 Å². The molecule has 0 bridgehead atoms. The quantitative estimate of drug-likeness (QED) is 0.835. The third kappa shape index (κ3) is 4.07. The number of carbonyl (C=O) groups excluding carboxylic acids is 1. The van der Waals surface area contributed by atoms with Gasteiger partial charge in [0, 0.05) is 37.9 Å². The first-order chi connectivity index (χ1) is 12.7. The SMILES string of the molecule is Cc1cc(N2CCN(CC(=O)NC(c3ccccc3)C3CC3)CC2)n[nH]1. The molecule has 0 spiro atoms. The Labute approximate surface area is 154 Å². The molecule has 1 aliphatic carbocycles. The van der Waals surface area contributed by atoms with Crippen LogP contribution in [-0.4, -0.2) is 53.7 Å². The standard InChI is InChI=1S/C20H27N5O/c1-15-13-18(23-22-15)25-11-9-24(10-12-25)14-19(26)21-20(17-7-8-17)16-5-3-2-4-6-16/h2-6,13,17,20H,7-12,14H2,1H3,(H,21,26)(H,22,23). The maximum atomic E-state index is 12.6. The molecule has 1 saturated heterocycles. The third-order valence-corrected chi connectivity index (χ3v) is 5.32. The molecule has 138 valence electrons. The summed E-state index contributed by atoms with van der Waals surface area (Å²) in [5.41, 5.74) is 2.30. The van der Waals surface area contributed by atoms with Crippen LogP contribution in [0.15, 0.2) is 36.4 Å². The number of hydrogen-bond acceptors (Lipinski definition) is 4. The van der Waals surface area contributed by atoms with E-state index in [4.69, 9.17) is 0 Å². The van der Waals surface area contributed by atoms with Crippen molar-refractivity contribution in [3.8, 4) is 0 Å². The summed E-state index contributed by atoms with van der Waals surface area (Å²) in [5.74, 6) is 1.74. The fraction of sp³-hybridized carbons (Fsp3) is 0.500. The van der Waals surface area contributed by atoms with Gasteiger partial charge in [-0.05, 0) is 31.2 Å². The van der Waals surface area contributed by atoms with E-state index in [0.717, 1.165) is 37.7 Å². The predicted octanol–water partition coefficient (Wildman–Crippen LogP) is 2.11. The van der Waals surface area contributed by atoms with Crippen molar-refractivity contribution in [3.63, 3.8) is 0 Å². The molecular formula is C20H27N5O. The lowest BCUT2D eigenvalue weighted by molar-refractivity contribution is -0.123. The average Bonchev–Trinajstić information content (AvgIpc) is 3.41. The molecule has 0 radical (unpaired) electrons. The van der Waals surface area contributed by atoms with Crippen LogP contribution in [0.5, 0.6) is 0 Å². The Kier molecular flexibility index (Phi) is 4.93. The van der Waals surface area contributed by atoms with Gasteiger partial charge < -0.3 is 10.2 Å². The van der Waals surface area contributed by atoms with Gasteiger partial charge >= 0.3 is 0 Å². The van der Waals surface area contributed by atoms with Gasteiger partial charge in [-0.3, -0.25) is 14.8 Å². The second-order valence-corrected chi connectivity index (χ2v) is 7.47. The van der Waals surface area contributed by atoms with Crippen LogP contribution in [0.4, 0.5) is 5.82 Å². The number of rotatable bonds is 6. The lowest BCUT2D eigenvalue weighted by Crippen LogP contribution is -2.50. The number of aromatic nitrogens is 2. The number of amides is 1. The molecule has 26 heavy (non-hydrogen) atoms. The maximum absolute atomic E-state index is 12.6. The summed E-state index contributed by atoms with van der Waals surface area (Å²) < 4.78 is 0. The maximum Gasteiger partial charge on any atom is 0.234 e. The van der Waals surface area contributed by atoms with E-state index in [9.17, 15) is 4.79 Å². The second-order valence-electron chi connectivity index (χ2n) is 7.47. The van der Waals surface area contributed by atoms with Crippen LogP contribution in [0.25, 0.3) is 0 Å². The van der Waals surface area contributed by atoms with Crippen LogP contribution in [0, 0.1) is 12.8 Å². The number of benzene rings is 1. The van der Waals surface area contributed by atoms with Gasteiger partial charge in [0.15, 0.2) is 5.82 Å². The van der Waals surface area contributed by atoms with Crippen LogP contribution in [0.1, 0.15) is 30.1 Å². The van der Waals surface area contributed by atoms with Crippen molar-refractivity contribution in [2.75, 3.05) is 37.6 Å². The van der Waals surface area contributed by atoms with Crippen LogP contribution in [0.3, 0.4) is 0 Å². The predicted molar refractivity (Wildman–Crippen MR) is 102 cm³/mol. The molecule has 2 heterocycles. The van der Waals surface area contributed by atoms with E-state index in [1.807, 2.05) is 25.1 Å². The van der Waals surface area contributed by atoms with E-state index in [-0.39, 0.29) is 11.9 Å². The minimum atomic E-state index is 0.134. The normalized spacial score (nSPS) is 19.3. The molecule has 1 unspecified atom stereocenters. The summed E-state index contributed by atoms with van der Waals surface area (Å²) in [4.78, 5) is 17.1. The number of H-pyrrole nitrogens is 1. The van der Waals surface area contributed by atoms with Crippen molar-refractivity contribution < 1.29 is 4.79 Å². The second kappa shape index (κ2) is 7.50. The number of carbonyl (C=O) groups is 1. The van der Waals surface area contributed by atoms with Crippen molar-refractivity contribution in [3.05, 3.63) is 47.7 Å². The van der Waals surface area contributed by atoms with Crippen molar-refractivity contribution >= 4 is 11.7 Å². The Hall–Kier alpha value is -2.34. The molecule has 1 amide bonds. The van der Waals surface area contributed by atoms with Crippen LogP contribution in [-0.2, 0) is 4.79 Å². The van der Waals surface area contributed by atoms with E-state index in [1.165, 1.54) is 18.4 Å². The number of nitrogens with zero attached hydrogens (tertiary/aromatic N) is 3. The molecule has 2 aliphatic rings. The summed E-state index contributed by atoms with van der Waals surface area (Å²) in [7, 11) is 0. The Balaban J connectivity index is 1.28. The minimum absolute atomic E-state index is 0.134. The number of anilines is 1. The van der Waals surface area contributed by atoms with Gasteiger partial charge in [-0.2, -0.15) is 5.10 Å². The van der Waals surface area contributed by atoms with Crippen LogP contribution < -0.4 is 10.2 Å². The molecular weight excluding hydrogens is 326 g/mol. The van der Waals surface area contributed by atoms with E-state index < -0.39 is 0 Å². The fourth-order valence-corrected chi connectivity index (χ4v) is 3.69. The molecule has 1 atom stereocenters. The zero-order valence-electron chi connectivity index (χ0n) is 15.3. The first-order valence-corrected chi connectivity index (χ1v) is 9.52. The van der Waals surface area contributed by atoms with Crippen molar-refractivity contribution in [1.29, 1.82) is 0 Å². The highest BCUT2D eigenvalue weighted by Gasteiger charge is 2.33. The van der Waals surface area contributed by atoms with E-state index >= 15 is 0 Å². The molecule has 2 N–H and O–H groups in total. The monoisotopic (exact) mass is 353 g/mol. The van der Waals surface area contributed by atoms with Crippen molar-refractivity contribution in [2.45, 2.75) is 25.8 Å². The Bertz CT molecular complexity index is 732. The highest BCUT2D eigenvalue weighted by atomic mass is 16.2. The first kappa shape index (κ1) is 17.1. The summed E-state index contributed by atoms with van der Waals surface area (Å²) in [6.45, 7) is 6.08. The lowest BCUT2D eigenvalue weighted by Gasteiger charge is -2.34. The average molecular weight is 353 g/mol. The van der Waals surface area contributed by atoms with E-state index in [2.05, 4.69) is 43.5 Å². The zero-order chi connectivity index (χ0) is 17.9. The minimum Gasteiger partial charge on any atom is -0.353 e. The molecule has 4 rings (SSSR count). The molecule has 6 heteroatoms. The van der Waals surface area contributed by atoms with Gasteiger partial charge in [-0.15, -0.1) is 0 Å². The number of aromatic amines is 1. The van der Waals surface area contributed by atoms with Gasteiger partial charge in [0.2, 0.25) is 5.91 Å². The molecule has 1 saturated carbocycles. The van der Waals surface area contributed by atoms with Crippen molar-refractivity contribution in [2.24, 2.45) is 5.92 Å². The number of piperazine rings is 1. The molecule has 6 nitrogen and oxygen atoms in total. The molecule has 1 aliphatic heterocycles. The van der Waals surface area contributed by atoms with Gasteiger partial charge in [0.05, 0.1) is 12.6 Å². The van der Waals surface area contributed by atoms with E-state index in [0.29, 0.717) is 12.5 Å². The summed E-state index contributed by atoms with van der Waals surface area (Å²) in [5, 5.41) is 10.6. The first-order valence-electron chi connectivity index (χ1n) is 9.52. The van der Waals surface area contributed by atoms with Crippen LogP contribution >= 0.6 is 0 Å². The van der Waals surface area contributed by atoms with Gasteiger partial charge in [0.1, 0.15) is 0 Å². The Morgan fingerprint density at radius 2 is 1.96 bits per heavy atom. The summed E-state index contributed by atoms with van der Waals surface area (Å²) >= 11 is 0. The number of aryl methyl sites for hydroxylation is 1. The molecule has 1 aromatic heterocycles. The lowest BCUT2D eigenvalue weighted by atomic mass is 10.0. The molecule has 2 fully saturated rings. The van der Waals surface area contributed by atoms with Gasteiger partial charge in [-0.25, -0.2) is 0 Å². The van der Waals surface area contributed by atoms with Gasteiger partial charge in [0.25, 0.3) is 0 Å². The summed E-state index contributed by atoms with van der Waals surface area (Å²) in [6.07, 6.45) is 2.42. The topological polar surface area (TPSA) is 64.3 Å². The Morgan fingerprint density at radius 3 is 2.58 bits per heavy atom. The van der Waals surface area contributed by atoms with Gasteiger partial charge in [-0.1, -0.05) is 30.3 Å². The fourth-order valence-electron chi connectivity index (χ4n) is 3.69. The smallest absolute Gasteiger partial charge is 0.234 e. The highest BCUT2D eigenvalue weighted by Crippen LogP contribution is 2.40. The number of hydrogen-bond donors (Lipinski definition) is 2. The van der Waals surface area contributed by atoms with Crippen molar-refractivity contribution in [1.82, 2.24) is 20.4 Å². The largest absolute Gasteiger partial charge is 0.353 e. The zero-order valence-corrected chi connectivity index (χ0v) is 15.3. The molecule has 2 aromatic rings. The summed E-state index contributed by atoms with van der Waals surface area (Å²) in [6, 6.07) is 12.6. The Morgan fingerprint density at radius 1 is 1.23 bits per heavy atom. The third-order valence-electron chi connectivity index (χ3n) is 5.32. The van der Waals surface area contributed by atoms with Crippen LogP contribution in [0.2, 0.25) is 0 Å². The highest BCUT2D eigenvalue weighted by molar-refractivity contribution is 5.78. The number of nitrogens with one attached hydrogen (secondary N) is 2.